The molecule has 1 aromatic heterocycles. The molecule has 0 atom stereocenters. The number of ether oxygens (including phenoxy) is 1. The molecule has 3 amide bonds. The summed E-state index contributed by atoms with van der Waals surface area (Å²) in [7, 11) is 0. The highest BCUT2D eigenvalue weighted by Gasteiger charge is 2.07. The summed E-state index contributed by atoms with van der Waals surface area (Å²) in [5.41, 5.74) is 6.80. The smallest absolute Gasteiger partial charge is 0.316 e. The first-order valence-corrected chi connectivity index (χ1v) is 7.50. The van der Waals surface area contributed by atoms with Crippen LogP contribution in [0.3, 0.4) is 0 Å². The average molecular weight is 328 g/mol. The molecule has 0 unspecified atom stereocenters. The summed E-state index contributed by atoms with van der Waals surface area (Å²) in [6.07, 6.45) is 1.72. The van der Waals surface area contributed by atoms with Gasteiger partial charge in [0, 0.05) is 30.1 Å². The fourth-order valence-corrected chi connectivity index (χ4v) is 1.99. The zero-order chi connectivity index (χ0) is 17.5. The lowest BCUT2D eigenvalue weighted by molar-refractivity contribution is 0.0951. The Balaban J connectivity index is 1.94. The fraction of sp³-hybridized carbons (Fsp3) is 0.235. The number of aromatic nitrogens is 1. The average Bonchev–Trinajstić information content (AvgIpc) is 2.53. The molecule has 0 spiro atoms. The molecule has 0 aliphatic rings. The monoisotopic (exact) mass is 328 g/mol. The topological polar surface area (TPSA) is 106 Å². The summed E-state index contributed by atoms with van der Waals surface area (Å²) in [5, 5.41) is 5.22. The molecule has 7 nitrogen and oxygen atoms in total. The SMILES string of the molecule is CC(C)Oc1ccc(CNC(=O)c2cccc(NC(N)=O)c2)cn1. The summed E-state index contributed by atoms with van der Waals surface area (Å²) >= 11 is 0. The Morgan fingerprint density at radius 2 is 2.04 bits per heavy atom. The number of hydrogen-bond acceptors (Lipinski definition) is 4. The number of primary amides is 1. The Labute approximate surface area is 140 Å². The third-order valence-electron chi connectivity index (χ3n) is 3.00. The Morgan fingerprint density at radius 3 is 2.67 bits per heavy atom. The lowest BCUT2D eigenvalue weighted by atomic mass is 10.2. The van der Waals surface area contributed by atoms with Crippen LogP contribution >= 0.6 is 0 Å². The predicted octanol–water partition coefficient (Wildman–Crippen LogP) is 2.29. The van der Waals surface area contributed by atoms with Gasteiger partial charge >= 0.3 is 6.03 Å². The Morgan fingerprint density at radius 1 is 1.25 bits per heavy atom. The molecule has 1 aromatic carbocycles. The van der Waals surface area contributed by atoms with E-state index in [1.165, 1.54) is 0 Å². The molecule has 7 heteroatoms. The number of carbonyl (C=O) groups excluding carboxylic acids is 2. The molecule has 0 aliphatic heterocycles. The molecule has 24 heavy (non-hydrogen) atoms. The number of rotatable bonds is 6. The minimum absolute atomic E-state index is 0.0596. The molecular formula is C17H20N4O3. The van der Waals surface area contributed by atoms with Crippen molar-refractivity contribution in [2.45, 2.75) is 26.5 Å². The van der Waals surface area contributed by atoms with Crippen molar-refractivity contribution in [2.24, 2.45) is 5.73 Å². The Kier molecular flexibility index (Phi) is 5.73. The van der Waals surface area contributed by atoms with Crippen LogP contribution in [0.15, 0.2) is 42.6 Å². The molecule has 4 N–H and O–H groups in total. The van der Waals surface area contributed by atoms with Crippen molar-refractivity contribution in [1.29, 1.82) is 0 Å². The zero-order valence-corrected chi connectivity index (χ0v) is 13.6. The number of nitrogens with zero attached hydrogens (tertiary/aromatic N) is 1. The molecule has 0 saturated heterocycles. The van der Waals surface area contributed by atoms with Gasteiger partial charge in [0.15, 0.2) is 0 Å². The largest absolute Gasteiger partial charge is 0.475 e. The molecule has 126 valence electrons. The van der Waals surface area contributed by atoms with Crippen LogP contribution in [0.5, 0.6) is 5.88 Å². The zero-order valence-electron chi connectivity index (χ0n) is 13.6. The van der Waals surface area contributed by atoms with Crippen molar-refractivity contribution >= 4 is 17.6 Å². The van der Waals surface area contributed by atoms with Gasteiger partial charge in [-0.3, -0.25) is 4.79 Å². The van der Waals surface area contributed by atoms with Gasteiger partial charge in [-0.15, -0.1) is 0 Å². The minimum atomic E-state index is -0.678. The molecule has 2 rings (SSSR count). The first-order valence-electron chi connectivity index (χ1n) is 7.50. The van der Waals surface area contributed by atoms with E-state index in [1.807, 2.05) is 19.9 Å². The summed E-state index contributed by atoms with van der Waals surface area (Å²) in [6, 6.07) is 9.45. The van der Waals surface area contributed by atoms with Gasteiger partial charge < -0.3 is 21.1 Å². The summed E-state index contributed by atoms with van der Waals surface area (Å²) < 4.78 is 5.47. The van der Waals surface area contributed by atoms with Crippen LogP contribution in [0.25, 0.3) is 0 Å². The third kappa shape index (κ3) is 5.28. The molecule has 2 aromatic rings. The van der Waals surface area contributed by atoms with Crippen LogP contribution in [0.2, 0.25) is 0 Å². The van der Waals surface area contributed by atoms with Crippen molar-refractivity contribution in [3.63, 3.8) is 0 Å². The number of nitrogens with one attached hydrogen (secondary N) is 2. The van der Waals surface area contributed by atoms with Crippen LogP contribution in [-0.4, -0.2) is 23.0 Å². The van der Waals surface area contributed by atoms with Crippen LogP contribution in [-0.2, 0) is 6.54 Å². The Bertz CT molecular complexity index is 714. The maximum atomic E-state index is 12.2. The Hall–Kier alpha value is -3.09. The highest BCUT2D eigenvalue weighted by Crippen LogP contribution is 2.12. The van der Waals surface area contributed by atoms with E-state index in [0.717, 1.165) is 5.56 Å². The summed E-state index contributed by atoms with van der Waals surface area (Å²) in [5.74, 6) is 0.288. The second-order valence-corrected chi connectivity index (χ2v) is 5.42. The van der Waals surface area contributed by atoms with Crippen LogP contribution < -0.4 is 21.1 Å². The van der Waals surface area contributed by atoms with E-state index in [9.17, 15) is 9.59 Å². The first kappa shape index (κ1) is 17.3. The highest BCUT2D eigenvalue weighted by atomic mass is 16.5. The van der Waals surface area contributed by atoms with E-state index in [0.29, 0.717) is 23.7 Å². The molecule has 0 radical (unpaired) electrons. The van der Waals surface area contributed by atoms with E-state index in [1.54, 1.807) is 36.5 Å². The van der Waals surface area contributed by atoms with Gasteiger partial charge in [0.25, 0.3) is 5.91 Å². The fourth-order valence-electron chi connectivity index (χ4n) is 1.99. The predicted molar refractivity (Wildman–Crippen MR) is 90.8 cm³/mol. The van der Waals surface area contributed by atoms with E-state index in [-0.39, 0.29) is 12.0 Å². The summed E-state index contributed by atoms with van der Waals surface area (Å²) in [4.78, 5) is 27.2. The molecule has 0 aliphatic carbocycles. The van der Waals surface area contributed by atoms with Crippen molar-refractivity contribution in [3.8, 4) is 5.88 Å². The second kappa shape index (κ2) is 7.96. The number of benzene rings is 1. The maximum Gasteiger partial charge on any atom is 0.316 e. The normalized spacial score (nSPS) is 10.3. The number of amides is 3. The van der Waals surface area contributed by atoms with E-state index in [4.69, 9.17) is 10.5 Å². The van der Waals surface area contributed by atoms with Gasteiger partial charge in [-0.05, 0) is 37.6 Å². The maximum absolute atomic E-state index is 12.2. The molecule has 0 bridgehead atoms. The van der Waals surface area contributed by atoms with Gasteiger partial charge in [-0.25, -0.2) is 9.78 Å². The number of anilines is 1. The van der Waals surface area contributed by atoms with Crippen LogP contribution in [0.1, 0.15) is 29.8 Å². The van der Waals surface area contributed by atoms with Crippen LogP contribution in [0, 0.1) is 0 Å². The standard InChI is InChI=1S/C17H20N4O3/c1-11(2)24-15-7-6-12(9-19-15)10-20-16(22)13-4-3-5-14(8-13)21-17(18)23/h3-9,11H,10H2,1-2H3,(H,20,22)(H3,18,21,23). The number of carbonyl (C=O) groups is 2. The molecule has 1 heterocycles. The summed E-state index contributed by atoms with van der Waals surface area (Å²) in [6.45, 7) is 4.19. The molecule has 0 fully saturated rings. The van der Waals surface area contributed by atoms with E-state index < -0.39 is 6.03 Å². The van der Waals surface area contributed by atoms with Crippen molar-refractivity contribution in [2.75, 3.05) is 5.32 Å². The lowest BCUT2D eigenvalue weighted by Gasteiger charge is -2.10. The van der Waals surface area contributed by atoms with Gasteiger partial charge in [0.1, 0.15) is 0 Å². The van der Waals surface area contributed by atoms with Crippen LogP contribution in [0.4, 0.5) is 10.5 Å². The third-order valence-corrected chi connectivity index (χ3v) is 3.00. The highest BCUT2D eigenvalue weighted by molar-refractivity contribution is 5.96. The minimum Gasteiger partial charge on any atom is -0.475 e. The van der Waals surface area contributed by atoms with Crippen molar-refractivity contribution in [3.05, 3.63) is 53.7 Å². The van der Waals surface area contributed by atoms with Gasteiger partial charge in [0.05, 0.1) is 6.10 Å². The molecular weight excluding hydrogens is 308 g/mol. The van der Waals surface area contributed by atoms with Gasteiger partial charge in [0.2, 0.25) is 5.88 Å². The lowest BCUT2D eigenvalue weighted by Crippen LogP contribution is -2.23. The number of urea groups is 1. The quantitative estimate of drug-likeness (QED) is 0.756. The second-order valence-electron chi connectivity index (χ2n) is 5.42. The van der Waals surface area contributed by atoms with Gasteiger partial charge in [-0.2, -0.15) is 0 Å². The van der Waals surface area contributed by atoms with Gasteiger partial charge in [-0.1, -0.05) is 12.1 Å². The number of nitrogens with two attached hydrogens (primary N) is 1. The van der Waals surface area contributed by atoms with Crippen molar-refractivity contribution in [1.82, 2.24) is 10.3 Å². The molecule has 0 saturated carbocycles. The number of pyridine rings is 1. The van der Waals surface area contributed by atoms with E-state index in [2.05, 4.69) is 15.6 Å². The first-order chi connectivity index (χ1) is 11.4. The van der Waals surface area contributed by atoms with E-state index >= 15 is 0 Å². The number of hydrogen-bond donors (Lipinski definition) is 3. The van der Waals surface area contributed by atoms with Crippen molar-refractivity contribution < 1.29 is 14.3 Å².